The van der Waals surface area contributed by atoms with E-state index >= 15 is 0 Å². The molecule has 54 heavy (non-hydrogen) atoms. The van der Waals surface area contributed by atoms with Crippen LogP contribution in [-0.2, 0) is 19.3 Å². The molecule has 11 heteroatoms. The number of phenols is 2. The molecule has 1 aliphatic rings. The van der Waals surface area contributed by atoms with Crippen LogP contribution < -0.4 is 32.3 Å². The third-order valence-corrected chi connectivity index (χ3v) is 11.3. The quantitative estimate of drug-likeness (QED) is 0.0562. The molecule has 1 saturated heterocycles. The van der Waals surface area contributed by atoms with Gasteiger partial charge < -0.3 is 47.6 Å². The highest BCUT2D eigenvalue weighted by atomic mass is 32.2. The van der Waals surface area contributed by atoms with Gasteiger partial charge in [0.05, 0.1) is 6.10 Å². The lowest BCUT2D eigenvalue weighted by Crippen LogP contribution is -2.54. The molecule has 0 radical (unpaired) electrons. The molecule has 3 aromatic rings. The first-order valence-electron chi connectivity index (χ1n) is 20.1. The Labute approximate surface area is 329 Å². The summed E-state index contributed by atoms with van der Waals surface area (Å²) in [7, 11) is 0. The van der Waals surface area contributed by atoms with Crippen molar-refractivity contribution in [3.63, 3.8) is 0 Å². The van der Waals surface area contributed by atoms with Gasteiger partial charge in [0.2, 0.25) is 0 Å². The number of aromatic hydroxyl groups is 2. The Kier molecular flexibility index (Phi) is 20.2. The van der Waals surface area contributed by atoms with Gasteiger partial charge in [0.1, 0.15) is 11.5 Å². The van der Waals surface area contributed by atoms with Crippen LogP contribution in [0.15, 0.2) is 78.9 Å². The van der Waals surface area contributed by atoms with Crippen LogP contribution in [0.1, 0.15) is 49.8 Å². The van der Waals surface area contributed by atoms with Gasteiger partial charge in [-0.3, -0.25) is 4.90 Å². The number of hydrogen-bond donors (Lipinski definition) is 9. The van der Waals surface area contributed by atoms with Crippen molar-refractivity contribution in [3.05, 3.63) is 95.6 Å². The van der Waals surface area contributed by atoms with Crippen molar-refractivity contribution < 1.29 is 15.3 Å². The van der Waals surface area contributed by atoms with E-state index in [0.717, 1.165) is 77.1 Å². The van der Waals surface area contributed by atoms with Crippen LogP contribution in [0.25, 0.3) is 0 Å². The minimum Gasteiger partial charge on any atom is -0.508 e. The maximum absolute atomic E-state index is 10.7. The van der Waals surface area contributed by atoms with E-state index in [9.17, 15) is 15.3 Å². The predicted octanol–water partition coefficient (Wildman–Crippen LogP) is 3.49. The van der Waals surface area contributed by atoms with Crippen molar-refractivity contribution in [2.24, 2.45) is 5.73 Å². The lowest BCUT2D eigenvalue weighted by atomic mass is 10.0. The first-order chi connectivity index (χ1) is 26.3. The van der Waals surface area contributed by atoms with Crippen LogP contribution in [-0.4, -0.2) is 127 Å². The number of aliphatic hydroxyl groups is 1. The fourth-order valence-corrected chi connectivity index (χ4v) is 8.00. The zero-order valence-corrected chi connectivity index (χ0v) is 33.7. The minimum atomic E-state index is -0.468. The third kappa shape index (κ3) is 16.2. The Morgan fingerprint density at radius 1 is 0.741 bits per heavy atom. The largest absolute Gasteiger partial charge is 0.508 e. The van der Waals surface area contributed by atoms with Crippen molar-refractivity contribution in [3.8, 4) is 11.5 Å². The average Bonchev–Trinajstić information content (AvgIpc) is 3.62. The molecule has 4 rings (SSSR count). The zero-order chi connectivity index (χ0) is 38.5. The standard InChI is InChI=1S/C43H69N7O3S/c1-4-45-37(23-34-12-16-41(52)17-13-34)27-46-38(24-35-14-18-42(53)19-15-35)28-47-39(25-33-9-6-5-7-10-33)31-50-21-8-11-40(50)29-49-43(32(2)51)30-48-36(26-44)20-22-54-3/h5-7,9-10,12-19,32,36-40,43,45-49,51-53H,4,8,11,20-31,44H2,1-3H3/t32-,36+,37+,38+,39+,40+,43+/m1/s1. The number of thioether (sulfide) groups is 1. The highest BCUT2D eigenvalue weighted by molar-refractivity contribution is 7.98. The van der Waals surface area contributed by atoms with Crippen molar-refractivity contribution in [1.29, 1.82) is 0 Å². The lowest BCUT2D eigenvalue weighted by molar-refractivity contribution is 0.132. The van der Waals surface area contributed by atoms with Crippen LogP contribution in [0, 0.1) is 0 Å². The number of likely N-dealkylation sites (N-methyl/N-ethyl adjacent to an activating group) is 1. The number of likely N-dealkylation sites (tertiary alicyclic amines) is 1. The minimum absolute atomic E-state index is 0.0409. The molecule has 3 aromatic carbocycles. The van der Waals surface area contributed by atoms with Crippen LogP contribution in [0.3, 0.4) is 0 Å². The molecule has 10 nitrogen and oxygen atoms in total. The molecule has 10 N–H and O–H groups in total. The van der Waals surface area contributed by atoms with E-state index in [4.69, 9.17) is 5.73 Å². The summed E-state index contributed by atoms with van der Waals surface area (Å²) in [5.41, 5.74) is 9.73. The molecular weight excluding hydrogens is 695 g/mol. The molecule has 1 fully saturated rings. The number of aliphatic hydroxyl groups excluding tert-OH is 1. The number of nitrogens with two attached hydrogens (primary N) is 1. The molecule has 7 atom stereocenters. The van der Waals surface area contributed by atoms with E-state index in [1.807, 2.05) is 43.0 Å². The van der Waals surface area contributed by atoms with Gasteiger partial charge in [-0.2, -0.15) is 11.8 Å². The second kappa shape index (κ2) is 24.7. The number of nitrogens with zero attached hydrogens (tertiary/aromatic N) is 1. The maximum Gasteiger partial charge on any atom is 0.115 e. The average molecular weight is 764 g/mol. The molecular formula is C43H69N7O3S. The van der Waals surface area contributed by atoms with Gasteiger partial charge in [0, 0.05) is 75.5 Å². The summed E-state index contributed by atoms with van der Waals surface area (Å²) in [6.45, 7) is 10.6. The summed E-state index contributed by atoms with van der Waals surface area (Å²) in [6, 6.07) is 27.1. The van der Waals surface area contributed by atoms with Gasteiger partial charge in [0.15, 0.2) is 0 Å². The van der Waals surface area contributed by atoms with Gasteiger partial charge in [-0.25, -0.2) is 0 Å². The van der Waals surface area contributed by atoms with E-state index in [-0.39, 0.29) is 41.7 Å². The number of nitrogens with one attached hydrogen (secondary N) is 5. The Morgan fingerprint density at radius 3 is 1.87 bits per heavy atom. The molecule has 0 unspecified atom stereocenters. The highest BCUT2D eigenvalue weighted by Crippen LogP contribution is 2.19. The van der Waals surface area contributed by atoms with Crippen LogP contribution >= 0.6 is 11.8 Å². The molecule has 300 valence electrons. The van der Waals surface area contributed by atoms with Crippen LogP contribution in [0.2, 0.25) is 0 Å². The smallest absolute Gasteiger partial charge is 0.115 e. The summed E-state index contributed by atoms with van der Waals surface area (Å²) in [6.07, 6.45) is 7.61. The van der Waals surface area contributed by atoms with E-state index in [0.29, 0.717) is 19.1 Å². The van der Waals surface area contributed by atoms with Gasteiger partial charge in [0.25, 0.3) is 0 Å². The summed E-state index contributed by atoms with van der Waals surface area (Å²) >= 11 is 1.84. The van der Waals surface area contributed by atoms with E-state index in [1.165, 1.54) is 23.1 Å². The van der Waals surface area contributed by atoms with E-state index < -0.39 is 6.10 Å². The second-order valence-electron chi connectivity index (χ2n) is 15.1. The number of phenolic OH excluding ortho intramolecular Hbond substituents is 2. The third-order valence-electron chi connectivity index (χ3n) is 10.7. The van der Waals surface area contributed by atoms with Crippen molar-refractivity contribution >= 4 is 11.8 Å². The molecule has 0 aromatic heterocycles. The lowest BCUT2D eigenvalue weighted by Gasteiger charge is -2.33. The molecule has 0 aliphatic carbocycles. The first kappa shape index (κ1) is 44.0. The number of rotatable bonds is 27. The Hall–Kier alpha value is -2.71. The highest BCUT2D eigenvalue weighted by Gasteiger charge is 2.29. The van der Waals surface area contributed by atoms with E-state index in [1.54, 1.807) is 24.3 Å². The Bertz CT molecular complexity index is 1400. The van der Waals surface area contributed by atoms with Gasteiger partial charge in [-0.1, -0.05) is 61.5 Å². The van der Waals surface area contributed by atoms with Gasteiger partial charge >= 0.3 is 0 Å². The molecule has 1 heterocycles. The summed E-state index contributed by atoms with van der Waals surface area (Å²) < 4.78 is 0. The van der Waals surface area contributed by atoms with Crippen molar-refractivity contribution in [2.45, 2.75) is 94.7 Å². The molecule has 0 spiro atoms. The Morgan fingerprint density at radius 2 is 1.30 bits per heavy atom. The van der Waals surface area contributed by atoms with Gasteiger partial charge in [-0.15, -0.1) is 0 Å². The fraction of sp³-hybridized carbons (Fsp3) is 0.581. The summed E-state index contributed by atoms with van der Waals surface area (Å²) in [4.78, 5) is 2.64. The molecule has 0 saturated carbocycles. The maximum atomic E-state index is 10.7. The topological polar surface area (TPSA) is 150 Å². The predicted molar refractivity (Wildman–Crippen MR) is 227 cm³/mol. The molecule has 0 amide bonds. The van der Waals surface area contributed by atoms with Crippen LogP contribution in [0.4, 0.5) is 0 Å². The van der Waals surface area contributed by atoms with Crippen LogP contribution in [0.5, 0.6) is 11.5 Å². The monoisotopic (exact) mass is 764 g/mol. The summed E-state index contributed by atoms with van der Waals surface area (Å²) in [5.74, 6) is 1.64. The van der Waals surface area contributed by atoms with Crippen molar-refractivity contribution in [2.75, 3.05) is 64.4 Å². The first-order valence-corrected chi connectivity index (χ1v) is 21.5. The molecule has 0 bridgehead atoms. The number of benzene rings is 3. The normalized spacial score (nSPS) is 18.3. The Balaban J connectivity index is 1.42. The number of hydrogen-bond acceptors (Lipinski definition) is 11. The SMILES string of the molecule is CCN[C@H](CN[C@H](CN[C@@H](Cc1ccccc1)CN1CCC[C@H]1CN[C@@H](CN[C@H](CN)CCSC)[C@@H](C)O)Cc1ccc(O)cc1)Cc1ccc(O)cc1. The van der Waals surface area contributed by atoms with Gasteiger partial charge in [-0.05, 0) is 112 Å². The van der Waals surface area contributed by atoms with E-state index in [2.05, 4.69) is 75.0 Å². The fourth-order valence-electron chi connectivity index (χ4n) is 7.48. The zero-order valence-electron chi connectivity index (χ0n) is 32.9. The molecule has 1 aliphatic heterocycles. The summed E-state index contributed by atoms with van der Waals surface area (Å²) in [5, 5.41) is 49.3. The second-order valence-corrected chi connectivity index (χ2v) is 16.1. The van der Waals surface area contributed by atoms with Crippen molar-refractivity contribution in [1.82, 2.24) is 31.5 Å².